The Bertz CT molecular complexity index is 353. The van der Waals surface area contributed by atoms with Gasteiger partial charge in [-0.25, -0.2) is 9.97 Å². The Kier molecular flexibility index (Phi) is 5.25. The fourth-order valence-corrected chi connectivity index (χ4v) is 1.64. The molecule has 0 aromatic carbocycles. The lowest BCUT2D eigenvalue weighted by Crippen LogP contribution is -2.05. The molecule has 0 radical (unpaired) electrons. The number of aromatic nitrogens is 2. The van der Waals surface area contributed by atoms with Crippen molar-refractivity contribution >= 4 is 37.7 Å². The molecular formula is C10H13Br2N3. The molecule has 1 N–H and O–H groups in total. The first-order valence-electron chi connectivity index (χ1n) is 4.72. The molecule has 0 aliphatic heterocycles. The van der Waals surface area contributed by atoms with Crippen LogP contribution in [0.5, 0.6) is 0 Å². The number of anilines is 1. The molecule has 0 spiro atoms. The molecule has 0 aliphatic carbocycles. The highest BCUT2D eigenvalue weighted by Gasteiger charge is 2.01. The highest BCUT2D eigenvalue weighted by molar-refractivity contribution is 9.11. The minimum Gasteiger partial charge on any atom is -0.365 e. The van der Waals surface area contributed by atoms with Crippen molar-refractivity contribution < 1.29 is 0 Å². The normalized spacial score (nSPS) is 10.1. The summed E-state index contributed by atoms with van der Waals surface area (Å²) in [6.45, 7) is 6.52. The lowest BCUT2D eigenvalue weighted by molar-refractivity contribution is 0.829. The third-order valence-electron chi connectivity index (χ3n) is 1.68. The molecule has 1 rings (SSSR count). The van der Waals surface area contributed by atoms with Crippen LogP contribution in [-0.2, 0) is 6.42 Å². The smallest absolute Gasteiger partial charge is 0.132 e. The van der Waals surface area contributed by atoms with E-state index < -0.39 is 0 Å². The molecule has 82 valence electrons. The molecule has 1 heterocycles. The Hall–Kier alpha value is -0.420. The molecule has 0 atom stereocenters. The summed E-state index contributed by atoms with van der Waals surface area (Å²) < 4.78 is 1.71. The Morgan fingerprint density at radius 2 is 2.27 bits per heavy atom. The maximum atomic E-state index is 4.38. The van der Waals surface area contributed by atoms with Gasteiger partial charge < -0.3 is 5.32 Å². The van der Waals surface area contributed by atoms with Crippen molar-refractivity contribution in [1.29, 1.82) is 0 Å². The minimum atomic E-state index is 0.662. The monoisotopic (exact) mass is 333 g/mol. The molecule has 0 bridgehead atoms. The predicted octanol–water partition coefficient (Wildman–Crippen LogP) is 3.51. The Morgan fingerprint density at radius 3 is 2.87 bits per heavy atom. The van der Waals surface area contributed by atoms with Crippen LogP contribution in [0.1, 0.15) is 19.2 Å². The fourth-order valence-electron chi connectivity index (χ4n) is 1.08. The first-order chi connectivity index (χ1) is 7.11. The quantitative estimate of drug-likeness (QED) is 0.837. The largest absolute Gasteiger partial charge is 0.365 e. The van der Waals surface area contributed by atoms with Crippen molar-refractivity contribution in [3.63, 3.8) is 0 Å². The van der Waals surface area contributed by atoms with Gasteiger partial charge in [0.2, 0.25) is 0 Å². The average molecular weight is 335 g/mol. The second-order valence-corrected chi connectivity index (χ2v) is 5.05. The number of halogens is 2. The Balaban J connectivity index is 2.74. The number of hydrogen-bond acceptors (Lipinski definition) is 3. The molecule has 0 aliphatic rings. The maximum absolute atomic E-state index is 4.38. The number of rotatable bonds is 5. The number of hydrogen-bond donors (Lipinski definition) is 1. The molecule has 0 saturated heterocycles. The van der Waals surface area contributed by atoms with Gasteiger partial charge in [0.15, 0.2) is 0 Å². The molecule has 1 aromatic rings. The second kappa shape index (κ2) is 6.23. The van der Waals surface area contributed by atoms with Crippen molar-refractivity contribution in [2.75, 3.05) is 11.9 Å². The van der Waals surface area contributed by atoms with E-state index in [1.807, 2.05) is 6.07 Å². The highest BCUT2D eigenvalue weighted by Crippen LogP contribution is 2.14. The standard InChI is InChI=1S/C10H13Br2N3/c1-3-4-9-14-8(12)5-10(15-9)13-6-7(2)11/h5H,2-4,6H2,1H3,(H,13,14,15). The summed E-state index contributed by atoms with van der Waals surface area (Å²) in [6.07, 6.45) is 1.93. The molecular weight excluding hydrogens is 322 g/mol. The summed E-state index contributed by atoms with van der Waals surface area (Å²) in [5.74, 6) is 1.68. The molecule has 1 aromatic heterocycles. The van der Waals surface area contributed by atoms with Gasteiger partial charge in [-0.05, 0) is 22.4 Å². The van der Waals surface area contributed by atoms with Crippen molar-refractivity contribution in [1.82, 2.24) is 9.97 Å². The van der Waals surface area contributed by atoms with Crippen LogP contribution < -0.4 is 5.32 Å². The molecule has 0 unspecified atom stereocenters. The van der Waals surface area contributed by atoms with Crippen LogP contribution in [0.2, 0.25) is 0 Å². The lowest BCUT2D eigenvalue weighted by atomic mass is 10.3. The van der Waals surface area contributed by atoms with E-state index in [-0.39, 0.29) is 0 Å². The van der Waals surface area contributed by atoms with E-state index in [1.165, 1.54) is 0 Å². The molecule has 0 saturated carbocycles. The van der Waals surface area contributed by atoms with Gasteiger partial charge in [0.1, 0.15) is 16.2 Å². The summed E-state index contributed by atoms with van der Waals surface area (Å²) in [7, 11) is 0. The average Bonchev–Trinajstić information content (AvgIpc) is 2.14. The number of aryl methyl sites for hydroxylation is 1. The highest BCUT2D eigenvalue weighted by atomic mass is 79.9. The van der Waals surface area contributed by atoms with E-state index in [2.05, 4.69) is 60.6 Å². The van der Waals surface area contributed by atoms with E-state index in [1.54, 1.807) is 0 Å². The number of nitrogens with zero attached hydrogens (tertiary/aromatic N) is 2. The third kappa shape index (κ3) is 4.75. The number of nitrogens with one attached hydrogen (secondary N) is 1. The zero-order chi connectivity index (χ0) is 11.3. The fraction of sp³-hybridized carbons (Fsp3) is 0.400. The van der Waals surface area contributed by atoms with Gasteiger partial charge >= 0.3 is 0 Å². The minimum absolute atomic E-state index is 0.662. The van der Waals surface area contributed by atoms with E-state index in [4.69, 9.17) is 0 Å². The van der Waals surface area contributed by atoms with Gasteiger partial charge in [-0.1, -0.05) is 29.4 Å². The van der Waals surface area contributed by atoms with Crippen LogP contribution in [0.25, 0.3) is 0 Å². The van der Waals surface area contributed by atoms with Gasteiger partial charge in [0.25, 0.3) is 0 Å². The molecule has 5 heteroatoms. The molecule has 0 fully saturated rings. The summed E-state index contributed by atoms with van der Waals surface area (Å²) in [6, 6.07) is 1.86. The van der Waals surface area contributed by atoms with Crippen molar-refractivity contribution in [2.45, 2.75) is 19.8 Å². The maximum Gasteiger partial charge on any atom is 0.132 e. The van der Waals surface area contributed by atoms with Gasteiger partial charge in [-0.2, -0.15) is 0 Å². The Labute approximate surface area is 107 Å². The van der Waals surface area contributed by atoms with Crippen molar-refractivity contribution in [3.8, 4) is 0 Å². The summed E-state index contributed by atoms with van der Waals surface area (Å²) in [4.78, 5) is 8.66. The predicted molar refractivity (Wildman–Crippen MR) is 70.3 cm³/mol. The van der Waals surface area contributed by atoms with Crippen LogP contribution in [0.15, 0.2) is 21.7 Å². The van der Waals surface area contributed by atoms with E-state index >= 15 is 0 Å². The van der Waals surface area contributed by atoms with Crippen LogP contribution in [0.3, 0.4) is 0 Å². The zero-order valence-electron chi connectivity index (χ0n) is 8.56. The summed E-state index contributed by atoms with van der Waals surface area (Å²) in [5.41, 5.74) is 0. The second-order valence-electron chi connectivity index (χ2n) is 3.11. The molecule has 3 nitrogen and oxygen atoms in total. The van der Waals surface area contributed by atoms with Gasteiger partial charge in [0.05, 0.1) is 0 Å². The van der Waals surface area contributed by atoms with Crippen LogP contribution in [0, 0.1) is 0 Å². The third-order valence-corrected chi connectivity index (χ3v) is 2.36. The SMILES string of the molecule is C=C(Br)CNc1cc(Br)nc(CCC)n1. The first-order valence-corrected chi connectivity index (χ1v) is 6.31. The van der Waals surface area contributed by atoms with Gasteiger partial charge in [0, 0.05) is 23.5 Å². The van der Waals surface area contributed by atoms with Crippen LogP contribution in [-0.4, -0.2) is 16.5 Å². The van der Waals surface area contributed by atoms with Crippen molar-refractivity contribution in [2.24, 2.45) is 0 Å². The Morgan fingerprint density at radius 1 is 1.53 bits per heavy atom. The van der Waals surface area contributed by atoms with E-state index in [0.29, 0.717) is 6.54 Å². The van der Waals surface area contributed by atoms with Crippen molar-refractivity contribution in [3.05, 3.63) is 27.6 Å². The lowest BCUT2D eigenvalue weighted by Gasteiger charge is -2.06. The van der Waals surface area contributed by atoms with E-state index in [0.717, 1.165) is 33.6 Å². The van der Waals surface area contributed by atoms with E-state index in [9.17, 15) is 0 Å². The van der Waals surface area contributed by atoms with Crippen LogP contribution >= 0.6 is 31.9 Å². The first kappa shape index (κ1) is 12.6. The molecule has 0 amide bonds. The topological polar surface area (TPSA) is 37.8 Å². The van der Waals surface area contributed by atoms with Crippen LogP contribution in [0.4, 0.5) is 5.82 Å². The molecule has 15 heavy (non-hydrogen) atoms. The van der Waals surface area contributed by atoms with Gasteiger partial charge in [-0.15, -0.1) is 0 Å². The van der Waals surface area contributed by atoms with Gasteiger partial charge in [-0.3, -0.25) is 0 Å². The summed E-state index contributed by atoms with van der Waals surface area (Å²) >= 11 is 6.65. The summed E-state index contributed by atoms with van der Waals surface area (Å²) in [5, 5.41) is 3.16. The zero-order valence-corrected chi connectivity index (χ0v) is 11.7.